The van der Waals surface area contributed by atoms with Crippen LogP contribution in [0.3, 0.4) is 0 Å². The molecule has 9 heteroatoms. The maximum absolute atomic E-state index is 12.4. The number of benzene rings is 2. The van der Waals surface area contributed by atoms with Crippen LogP contribution in [0.5, 0.6) is 0 Å². The van der Waals surface area contributed by atoms with E-state index >= 15 is 0 Å². The molecule has 28 heavy (non-hydrogen) atoms. The van der Waals surface area contributed by atoms with Gasteiger partial charge in [0.1, 0.15) is 4.90 Å². The molecule has 2 aromatic carbocycles. The normalized spacial score (nSPS) is 12.1. The Bertz CT molecular complexity index is 1040. The predicted octanol–water partition coefficient (Wildman–Crippen LogP) is 2.27. The number of nitrogens with one attached hydrogen (secondary N) is 1. The molecule has 0 aliphatic heterocycles. The fourth-order valence-corrected chi connectivity index (χ4v) is 5.02. The molecule has 0 atom stereocenters. The zero-order chi connectivity index (χ0) is 20.9. The molecule has 1 N–H and O–H groups in total. The summed E-state index contributed by atoms with van der Waals surface area (Å²) in [6, 6.07) is 12.5. The molecule has 2 aromatic rings. The Labute approximate surface area is 165 Å². The summed E-state index contributed by atoms with van der Waals surface area (Å²) in [5.74, 6) is -0.294. The highest BCUT2D eigenvalue weighted by molar-refractivity contribution is 7.93. The average molecular weight is 426 g/mol. The number of carbonyl (C=O) groups is 1. The number of carbonyl (C=O) groups excluding carboxylic acids is 1. The minimum absolute atomic E-state index is 0.127. The maximum atomic E-state index is 12.4. The van der Waals surface area contributed by atoms with Gasteiger partial charge in [0.15, 0.2) is 9.84 Å². The zero-order valence-electron chi connectivity index (χ0n) is 15.9. The molecular weight excluding hydrogens is 402 g/mol. The van der Waals surface area contributed by atoms with Gasteiger partial charge >= 0.3 is 5.97 Å². The van der Waals surface area contributed by atoms with Crippen molar-refractivity contribution in [2.75, 3.05) is 6.26 Å². The Kier molecular flexibility index (Phi) is 6.97. The van der Waals surface area contributed by atoms with Gasteiger partial charge in [0.05, 0.1) is 11.3 Å². The second-order valence-corrected chi connectivity index (χ2v) is 10.5. The third kappa shape index (κ3) is 6.15. The van der Waals surface area contributed by atoms with Crippen LogP contribution in [0, 0.1) is 5.92 Å². The van der Waals surface area contributed by atoms with Crippen molar-refractivity contribution in [1.82, 2.24) is 4.89 Å². The molecule has 0 spiro atoms. The molecule has 0 radical (unpaired) electrons. The van der Waals surface area contributed by atoms with Gasteiger partial charge < -0.3 is 4.84 Å². The first kappa shape index (κ1) is 22.1. The highest BCUT2D eigenvalue weighted by Gasteiger charge is 2.24. The lowest BCUT2D eigenvalue weighted by molar-refractivity contribution is -0.146. The minimum atomic E-state index is -4.35. The SMILES string of the molecule is CC(C)Cc1ccc(CC(=O)ONS(=O)(=O)c2ccccc2S(C)(=O)=O)cc1. The Balaban J connectivity index is 2.04. The summed E-state index contributed by atoms with van der Waals surface area (Å²) in [5, 5.41) is 0. The first-order chi connectivity index (χ1) is 13.0. The number of rotatable bonds is 8. The van der Waals surface area contributed by atoms with Crippen molar-refractivity contribution in [1.29, 1.82) is 0 Å². The lowest BCUT2D eigenvalue weighted by Gasteiger charge is -2.10. The van der Waals surface area contributed by atoms with Crippen molar-refractivity contribution >= 4 is 25.8 Å². The molecule has 0 fully saturated rings. The second kappa shape index (κ2) is 8.85. The van der Waals surface area contributed by atoms with E-state index in [9.17, 15) is 21.6 Å². The van der Waals surface area contributed by atoms with E-state index in [0.29, 0.717) is 11.5 Å². The quantitative estimate of drug-likeness (QED) is 0.650. The molecule has 0 saturated heterocycles. The Morgan fingerprint density at radius 1 is 0.929 bits per heavy atom. The molecule has 0 aliphatic carbocycles. The van der Waals surface area contributed by atoms with Gasteiger partial charge in [-0.3, -0.25) is 0 Å². The van der Waals surface area contributed by atoms with Crippen LogP contribution in [0.1, 0.15) is 25.0 Å². The molecule has 0 bridgehead atoms. The largest absolute Gasteiger partial charge is 0.355 e. The van der Waals surface area contributed by atoms with Crippen molar-refractivity contribution < 1.29 is 26.5 Å². The van der Waals surface area contributed by atoms with Crippen molar-refractivity contribution in [3.63, 3.8) is 0 Å². The third-order valence-corrected chi connectivity index (χ3v) is 6.34. The van der Waals surface area contributed by atoms with E-state index in [1.54, 1.807) is 17.0 Å². The van der Waals surface area contributed by atoms with E-state index in [1.807, 2.05) is 12.1 Å². The van der Waals surface area contributed by atoms with Crippen molar-refractivity contribution in [3.8, 4) is 0 Å². The molecule has 0 aromatic heterocycles. The van der Waals surface area contributed by atoms with E-state index in [0.717, 1.165) is 24.3 Å². The van der Waals surface area contributed by atoms with Crippen molar-refractivity contribution in [2.45, 2.75) is 36.5 Å². The summed E-state index contributed by atoms with van der Waals surface area (Å²) in [4.78, 5) is 17.5. The Morgan fingerprint density at radius 2 is 1.46 bits per heavy atom. The average Bonchev–Trinajstić information content (AvgIpc) is 2.61. The smallest absolute Gasteiger partial charge is 0.330 e. The van der Waals surface area contributed by atoms with Crippen LogP contribution in [0.25, 0.3) is 0 Å². The van der Waals surface area contributed by atoms with Gasteiger partial charge in [0.25, 0.3) is 10.0 Å². The van der Waals surface area contributed by atoms with Gasteiger partial charge in [-0.25, -0.2) is 21.6 Å². The molecule has 0 heterocycles. The molecule has 0 saturated carbocycles. The summed E-state index contributed by atoms with van der Waals surface area (Å²) in [6.07, 6.45) is 1.69. The van der Waals surface area contributed by atoms with Crippen LogP contribution in [0.2, 0.25) is 0 Å². The van der Waals surface area contributed by atoms with Crippen LogP contribution in [-0.4, -0.2) is 29.1 Å². The van der Waals surface area contributed by atoms with Crippen molar-refractivity contribution in [2.24, 2.45) is 5.92 Å². The standard InChI is InChI=1S/C19H23NO6S2/c1-14(2)12-15-8-10-16(11-9-15)13-19(21)26-20-28(24,25)18-7-5-4-6-17(18)27(3,22)23/h4-11,14,20H,12-13H2,1-3H3. The second-order valence-electron chi connectivity index (χ2n) is 6.87. The minimum Gasteiger partial charge on any atom is -0.355 e. The van der Waals surface area contributed by atoms with E-state index in [-0.39, 0.29) is 11.3 Å². The molecule has 7 nitrogen and oxygen atoms in total. The summed E-state index contributed by atoms with van der Waals surface area (Å²) < 4.78 is 48.3. The van der Waals surface area contributed by atoms with Gasteiger partial charge in [-0.2, -0.15) is 0 Å². The lowest BCUT2D eigenvalue weighted by atomic mass is 10.0. The van der Waals surface area contributed by atoms with Crippen LogP contribution < -0.4 is 4.89 Å². The fourth-order valence-electron chi connectivity index (χ4n) is 2.59. The van der Waals surface area contributed by atoms with Crippen LogP contribution in [0.4, 0.5) is 0 Å². The zero-order valence-corrected chi connectivity index (χ0v) is 17.5. The molecule has 2 rings (SSSR count). The van der Waals surface area contributed by atoms with Gasteiger partial charge in [-0.05, 0) is 40.5 Å². The van der Waals surface area contributed by atoms with Crippen LogP contribution in [-0.2, 0) is 42.3 Å². The third-order valence-electron chi connectivity index (χ3n) is 3.82. The predicted molar refractivity (Wildman–Crippen MR) is 105 cm³/mol. The Morgan fingerprint density at radius 3 is 2.00 bits per heavy atom. The van der Waals surface area contributed by atoms with Gasteiger partial charge in [-0.1, -0.05) is 50.2 Å². The van der Waals surface area contributed by atoms with Gasteiger partial charge in [0.2, 0.25) is 0 Å². The highest BCUT2D eigenvalue weighted by atomic mass is 32.2. The van der Waals surface area contributed by atoms with E-state index in [4.69, 9.17) is 0 Å². The number of hydrogen-bond acceptors (Lipinski definition) is 6. The first-order valence-corrected chi connectivity index (χ1v) is 11.9. The monoisotopic (exact) mass is 425 g/mol. The molecular formula is C19H23NO6S2. The van der Waals surface area contributed by atoms with Crippen LogP contribution in [0.15, 0.2) is 58.3 Å². The number of hydrogen-bond donors (Lipinski definition) is 1. The number of sulfonamides is 1. The maximum Gasteiger partial charge on any atom is 0.330 e. The lowest BCUT2D eigenvalue weighted by Crippen LogP contribution is -2.29. The van der Waals surface area contributed by atoms with E-state index in [2.05, 4.69) is 18.7 Å². The van der Waals surface area contributed by atoms with E-state index in [1.165, 1.54) is 18.2 Å². The summed E-state index contributed by atoms with van der Waals surface area (Å²) >= 11 is 0. The molecule has 0 amide bonds. The first-order valence-electron chi connectivity index (χ1n) is 8.57. The van der Waals surface area contributed by atoms with Crippen molar-refractivity contribution in [3.05, 3.63) is 59.7 Å². The fraction of sp³-hybridized carbons (Fsp3) is 0.316. The summed E-state index contributed by atoms with van der Waals surface area (Å²) in [7, 11) is -8.13. The highest BCUT2D eigenvalue weighted by Crippen LogP contribution is 2.20. The molecule has 0 aliphatic rings. The topological polar surface area (TPSA) is 107 Å². The Hall–Kier alpha value is -2.23. The van der Waals surface area contributed by atoms with E-state index < -0.39 is 30.7 Å². The molecule has 152 valence electrons. The summed E-state index contributed by atoms with van der Waals surface area (Å²) in [5.41, 5.74) is 1.82. The van der Waals surface area contributed by atoms with Gasteiger partial charge in [0, 0.05) is 6.26 Å². The molecule has 0 unspecified atom stereocenters. The number of sulfone groups is 1. The summed E-state index contributed by atoms with van der Waals surface area (Å²) in [6.45, 7) is 4.22. The van der Waals surface area contributed by atoms with Gasteiger partial charge in [-0.15, -0.1) is 0 Å². The van der Waals surface area contributed by atoms with Crippen LogP contribution >= 0.6 is 0 Å².